The van der Waals surface area contributed by atoms with E-state index >= 15 is 0 Å². The first-order valence-corrected chi connectivity index (χ1v) is 14.4. The molecular formula is C27H25ClO4Se. The van der Waals surface area contributed by atoms with Gasteiger partial charge in [-0.3, -0.25) is 0 Å². The van der Waals surface area contributed by atoms with Crippen molar-refractivity contribution >= 4 is 28.3 Å². The minimum atomic E-state index is -4.59. The van der Waals surface area contributed by atoms with Crippen LogP contribution >= 0.6 is 0 Å². The fourth-order valence-electron chi connectivity index (χ4n) is 3.68. The summed E-state index contributed by atoms with van der Waals surface area (Å²) in [5, 5.41) is 0. The van der Waals surface area contributed by atoms with Gasteiger partial charge < -0.3 is 0 Å². The molecular weight excluding hydrogens is 503 g/mol. The zero-order valence-electron chi connectivity index (χ0n) is 18.5. The van der Waals surface area contributed by atoms with Crippen LogP contribution in [-0.2, 0) is 16.2 Å². The number of benzene rings is 3. The molecule has 0 fully saturated rings. The number of allylic oxidation sites excluding steroid dienone is 3. The van der Waals surface area contributed by atoms with E-state index in [4.69, 9.17) is 3.37 Å². The number of rotatable bonds is 7. The Balaban J connectivity index is 1.95. The van der Waals surface area contributed by atoms with Crippen LogP contribution in [0.15, 0.2) is 91.0 Å². The molecule has 3 aromatic carbocycles. The van der Waals surface area contributed by atoms with Crippen molar-refractivity contribution in [3.05, 3.63) is 119 Å². The third kappa shape index (κ3) is 5.78. The van der Waals surface area contributed by atoms with Crippen LogP contribution in [0.2, 0.25) is 0 Å². The number of aryl methyl sites for hydroxylation is 2. The summed E-state index contributed by atoms with van der Waals surface area (Å²) in [4.78, 5) is 0. The van der Waals surface area contributed by atoms with Gasteiger partial charge in [0.2, 0.25) is 0 Å². The number of hydrogen-bond acceptors (Lipinski definition) is 4. The molecule has 0 bridgehead atoms. The Hall–Kier alpha value is -2.34. The minimum absolute atomic E-state index is 0.750. The second kappa shape index (κ2) is 10.3. The van der Waals surface area contributed by atoms with Crippen LogP contribution in [0.1, 0.15) is 41.7 Å². The summed E-state index contributed by atoms with van der Waals surface area (Å²) in [6, 6.07) is 25.9. The third-order valence-corrected chi connectivity index (χ3v) is 10.7. The molecule has 1 heterocycles. The summed E-state index contributed by atoms with van der Waals surface area (Å²) >= 11 is -2.68. The molecule has 4 rings (SSSR count). The summed E-state index contributed by atoms with van der Waals surface area (Å²) in [5.41, 5.74) is 6.04. The predicted octanol–water partition coefficient (Wildman–Crippen LogP) is 2.54. The van der Waals surface area contributed by atoms with E-state index < -0.39 is 24.0 Å². The second-order valence-corrected chi connectivity index (χ2v) is 12.3. The van der Waals surface area contributed by atoms with Gasteiger partial charge in [0.05, 0.1) is 0 Å². The fourth-order valence-corrected chi connectivity index (χ4v) is 8.75. The molecule has 0 aliphatic carbocycles. The molecule has 0 saturated carbocycles. The molecule has 1 unspecified atom stereocenters. The molecule has 3 aromatic rings. The summed E-state index contributed by atoms with van der Waals surface area (Å²) in [6.07, 6.45) is 5.73. The van der Waals surface area contributed by atoms with Crippen molar-refractivity contribution in [2.24, 2.45) is 0 Å². The van der Waals surface area contributed by atoms with Gasteiger partial charge in [0.1, 0.15) is 0 Å². The first kappa shape index (κ1) is 23.8. The summed E-state index contributed by atoms with van der Waals surface area (Å²) in [7, 11) is -4.59. The molecule has 0 amide bonds. The van der Waals surface area contributed by atoms with E-state index in [0.717, 1.165) is 44.0 Å². The summed E-state index contributed by atoms with van der Waals surface area (Å²) in [6.45, 7) is 4.17. The molecule has 0 radical (unpaired) electrons. The van der Waals surface area contributed by atoms with Crippen molar-refractivity contribution in [3.8, 4) is 0 Å². The first-order valence-electron chi connectivity index (χ1n) is 10.8. The summed E-state index contributed by atoms with van der Waals surface area (Å²) < 4.78 is 42.1. The monoisotopic (exact) mass is 528 g/mol. The number of halogens is 1. The Morgan fingerprint density at radius 2 is 1.21 bits per heavy atom. The SMILES string of the molecule is CCc1ccc(C2=CC(c3ccccc3)=CC(c3ccc(CC)cc3)=[Se]2O[Cl+3]([O-])([O-])[O-])cc1. The van der Waals surface area contributed by atoms with Crippen molar-refractivity contribution in [2.75, 3.05) is 0 Å². The molecule has 1 aliphatic rings. The van der Waals surface area contributed by atoms with Gasteiger partial charge in [0, 0.05) is 0 Å². The van der Waals surface area contributed by atoms with Gasteiger partial charge in [0.15, 0.2) is 0 Å². The van der Waals surface area contributed by atoms with E-state index in [1.807, 2.05) is 91.0 Å². The predicted molar refractivity (Wildman–Crippen MR) is 125 cm³/mol. The molecule has 4 nitrogen and oxygen atoms in total. The van der Waals surface area contributed by atoms with E-state index in [9.17, 15) is 14.0 Å². The van der Waals surface area contributed by atoms with Gasteiger partial charge in [0.25, 0.3) is 0 Å². The Labute approximate surface area is 201 Å². The normalized spacial score (nSPS) is 16.4. The van der Waals surface area contributed by atoms with Gasteiger partial charge >= 0.3 is 201 Å². The topological polar surface area (TPSA) is 78.4 Å². The van der Waals surface area contributed by atoms with Crippen molar-refractivity contribution in [1.29, 1.82) is 0 Å². The van der Waals surface area contributed by atoms with E-state index in [2.05, 4.69) is 13.8 Å². The molecule has 170 valence electrons. The van der Waals surface area contributed by atoms with Crippen LogP contribution in [0.4, 0.5) is 0 Å². The molecule has 33 heavy (non-hydrogen) atoms. The third-order valence-electron chi connectivity index (χ3n) is 5.51. The number of hydrogen-bond donors (Lipinski definition) is 0. The molecule has 6 heteroatoms. The maximum atomic E-state index is 11.8. The molecule has 0 aromatic heterocycles. The van der Waals surface area contributed by atoms with Crippen LogP contribution < -0.4 is 14.0 Å². The van der Waals surface area contributed by atoms with E-state index in [1.54, 1.807) is 0 Å². The van der Waals surface area contributed by atoms with Crippen LogP contribution in [0.5, 0.6) is 0 Å². The molecule has 1 aliphatic heterocycles. The van der Waals surface area contributed by atoms with Crippen LogP contribution in [-0.4, -0.2) is 18.2 Å². The fraction of sp³-hybridized carbons (Fsp3) is 0.148. The van der Waals surface area contributed by atoms with Gasteiger partial charge in [-0.1, -0.05) is 0 Å². The Bertz CT molecular complexity index is 1210. The average Bonchev–Trinajstić information content (AvgIpc) is 2.84. The van der Waals surface area contributed by atoms with E-state index in [0.29, 0.717) is 0 Å². The zero-order chi connectivity index (χ0) is 23.4. The molecule has 0 saturated heterocycles. The maximum absolute atomic E-state index is 11.8. The average molecular weight is 528 g/mol. The first-order chi connectivity index (χ1) is 15.9. The van der Waals surface area contributed by atoms with Crippen LogP contribution in [0, 0.1) is 10.2 Å². The van der Waals surface area contributed by atoms with Crippen molar-refractivity contribution in [1.82, 2.24) is 0 Å². The standard InChI is InChI=1S/C27H25ClO4Se/c1-3-20-10-14-23(15-11-20)26-18-25(22-8-6-5-7-9-22)19-27(33(26)32-28(29,30)31)24-16-12-21(4-2)13-17-24/h5-19H,3-4H2,1-2H3. The quantitative estimate of drug-likeness (QED) is 0.443. The summed E-state index contributed by atoms with van der Waals surface area (Å²) in [5.74, 6) is 0. The second-order valence-electron chi connectivity index (χ2n) is 7.65. The van der Waals surface area contributed by atoms with Gasteiger partial charge in [-0.25, -0.2) is 0 Å². The molecule has 0 spiro atoms. The molecule has 0 N–H and O–H groups in total. The zero-order valence-corrected chi connectivity index (χ0v) is 21.0. The van der Waals surface area contributed by atoms with Gasteiger partial charge in [-0.15, -0.1) is 0 Å². The Morgan fingerprint density at radius 3 is 1.73 bits per heavy atom. The van der Waals surface area contributed by atoms with Crippen molar-refractivity contribution < 1.29 is 27.6 Å². The van der Waals surface area contributed by atoms with Crippen LogP contribution in [0.3, 0.4) is 0 Å². The van der Waals surface area contributed by atoms with Crippen molar-refractivity contribution in [3.63, 3.8) is 0 Å². The van der Waals surface area contributed by atoms with Gasteiger partial charge in [-0.2, -0.15) is 0 Å². The Kier molecular flexibility index (Phi) is 7.42. The van der Waals surface area contributed by atoms with Crippen molar-refractivity contribution in [2.45, 2.75) is 26.7 Å². The van der Waals surface area contributed by atoms with E-state index in [1.165, 1.54) is 11.1 Å². The van der Waals surface area contributed by atoms with Gasteiger partial charge in [-0.05, 0) is 0 Å². The van der Waals surface area contributed by atoms with Crippen LogP contribution in [0.25, 0.3) is 10.0 Å². The molecule has 1 atom stereocenters. The Morgan fingerprint density at radius 1 is 0.667 bits per heavy atom. The van der Waals surface area contributed by atoms with E-state index in [-0.39, 0.29) is 0 Å².